The number of hydrogen-bond donors (Lipinski definition) is 2. The van der Waals surface area contributed by atoms with Crippen LogP contribution in [0, 0.1) is 0 Å². The summed E-state index contributed by atoms with van der Waals surface area (Å²) in [5.74, 6) is 0. The number of carbonyl (C=O) groups excluding carboxylic acids is 1. The van der Waals surface area contributed by atoms with Crippen LogP contribution >= 0.6 is 11.6 Å². The first-order valence-corrected chi connectivity index (χ1v) is 8.57. The Kier molecular flexibility index (Phi) is 4.63. The van der Waals surface area contributed by atoms with Gasteiger partial charge >= 0.3 is 6.03 Å². The minimum Gasteiger partial charge on any atom is -0.306 e. The summed E-state index contributed by atoms with van der Waals surface area (Å²) in [5, 5.41) is 5.93. The molecule has 0 aliphatic heterocycles. The number of carbonyl (C=O) groups is 1. The molecule has 0 saturated carbocycles. The van der Waals surface area contributed by atoms with Gasteiger partial charge in [0.1, 0.15) is 11.0 Å². The Hall–Kier alpha value is -3.51. The first-order valence-electron chi connectivity index (χ1n) is 8.19. The van der Waals surface area contributed by atoms with Crippen LogP contribution in [0.5, 0.6) is 0 Å². The summed E-state index contributed by atoms with van der Waals surface area (Å²) in [6, 6.07) is 16.3. The lowest BCUT2D eigenvalue weighted by Crippen LogP contribution is -2.20. The van der Waals surface area contributed by atoms with Crippen LogP contribution in [0.3, 0.4) is 0 Å². The van der Waals surface area contributed by atoms with Gasteiger partial charge in [0.2, 0.25) is 0 Å². The number of amides is 2. The maximum Gasteiger partial charge on any atom is 0.323 e. The molecular weight excluding hydrogens is 362 g/mol. The molecule has 4 rings (SSSR count). The van der Waals surface area contributed by atoms with E-state index in [2.05, 4.69) is 25.6 Å². The summed E-state index contributed by atoms with van der Waals surface area (Å²) < 4.78 is 0. The molecule has 27 heavy (non-hydrogen) atoms. The lowest BCUT2D eigenvalue weighted by molar-refractivity contribution is 0.262. The van der Waals surface area contributed by atoms with Crippen LogP contribution in [0.15, 0.2) is 73.2 Å². The lowest BCUT2D eigenvalue weighted by Gasteiger charge is -2.10. The highest BCUT2D eigenvalue weighted by Crippen LogP contribution is 2.24. The number of fused-ring (bicyclic) bond motifs is 1. The third-order valence-electron chi connectivity index (χ3n) is 3.90. The van der Waals surface area contributed by atoms with Crippen molar-refractivity contribution in [2.45, 2.75) is 0 Å². The minimum atomic E-state index is -0.440. The van der Waals surface area contributed by atoms with Crippen LogP contribution in [0.25, 0.3) is 22.3 Å². The third-order valence-corrected chi connectivity index (χ3v) is 4.23. The molecule has 0 bridgehead atoms. The molecule has 0 atom stereocenters. The van der Waals surface area contributed by atoms with Gasteiger partial charge in [0, 0.05) is 5.56 Å². The smallest absolute Gasteiger partial charge is 0.306 e. The number of aromatic nitrogens is 3. The monoisotopic (exact) mass is 375 g/mol. The zero-order valence-electron chi connectivity index (χ0n) is 14.1. The SMILES string of the molecule is O=C(Nc1ccccc1Cl)Nc1cncc2ncc(-c3ccccc3)nc12. The average molecular weight is 376 g/mol. The molecule has 0 aliphatic carbocycles. The molecule has 2 aromatic carbocycles. The van der Waals surface area contributed by atoms with Gasteiger partial charge in [-0.3, -0.25) is 9.97 Å². The Labute approximate surface area is 160 Å². The van der Waals surface area contributed by atoms with Crippen LogP contribution in [0.4, 0.5) is 16.2 Å². The first kappa shape index (κ1) is 16.9. The van der Waals surface area contributed by atoms with E-state index in [-0.39, 0.29) is 0 Å². The number of rotatable bonds is 3. The zero-order chi connectivity index (χ0) is 18.6. The van der Waals surface area contributed by atoms with Crippen molar-refractivity contribution in [2.75, 3.05) is 10.6 Å². The highest BCUT2D eigenvalue weighted by Gasteiger charge is 2.11. The summed E-state index contributed by atoms with van der Waals surface area (Å²) in [4.78, 5) is 25.6. The maximum absolute atomic E-state index is 12.4. The Morgan fingerprint density at radius 1 is 0.852 bits per heavy atom. The lowest BCUT2D eigenvalue weighted by atomic mass is 10.1. The molecule has 0 fully saturated rings. The molecule has 4 aromatic rings. The highest BCUT2D eigenvalue weighted by atomic mass is 35.5. The summed E-state index contributed by atoms with van der Waals surface area (Å²) >= 11 is 6.08. The largest absolute Gasteiger partial charge is 0.323 e. The van der Waals surface area contributed by atoms with Gasteiger partial charge in [0.15, 0.2) is 0 Å². The van der Waals surface area contributed by atoms with Gasteiger partial charge in [-0.15, -0.1) is 0 Å². The summed E-state index contributed by atoms with van der Waals surface area (Å²) in [5.41, 5.74) is 3.77. The van der Waals surface area contributed by atoms with Gasteiger partial charge in [-0.2, -0.15) is 0 Å². The molecule has 0 radical (unpaired) electrons. The highest BCUT2D eigenvalue weighted by molar-refractivity contribution is 6.33. The Balaban J connectivity index is 1.65. The number of nitrogens with one attached hydrogen (secondary N) is 2. The van der Waals surface area contributed by atoms with Crippen LogP contribution in [0.1, 0.15) is 0 Å². The predicted octanol–water partition coefficient (Wildman–Crippen LogP) is 4.99. The summed E-state index contributed by atoms with van der Waals surface area (Å²) in [6.45, 7) is 0. The number of benzene rings is 2. The Morgan fingerprint density at radius 3 is 2.41 bits per heavy atom. The average Bonchev–Trinajstić information content (AvgIpc) is 2.70. The van der Waals surface area contributed by atoms with Crippen LogP contribution in [0.2, 0.25) is 5.02 Å². The second-order valence-corrected chi connectivity index (χ2v) is 6.14. The van der Waals surface area contributed by atoms with E-state index in [4.69, 9.17) is 11.6 Å². The normalized spacial score (nSPS) is 10.6. The molecule has 0 saturated heterocycles. The van der Waals surface area contributed by atoms with Crippen molar-refractivity contribution >= 4 is 40.0 Å². The molecule has 0 unspecified atom stereocenters. The van der Waals surface area contributed by atoms with Gasteiger partial charge in [-0.25, -0.2) is 9.78 Å². The summed E-state index contributed by atoms with van der Waals surface area (Å²) in [6.07, 6.45) is 4.83. The summed E-state index contributed by atoms with van der Waals surface area (Å²) in [7, 11) is 0. The number of halogens is 1. The van der Waals surface area contributed by atoms with Crippen molar-refractivity contribution in [1.82, 2.24) is 15.0 Å². The van der Waals surface area contributed by atoms with Crippen LogP contribution < -0.4 is 10.6 Å². The fourth-order valence-electron chi connectivity index (χ4n) is 2.61. The molecule has 2 heterocycles. The fourth-order valence-corrected chi connectivity index (χ4v) is 2.80. The molecule has 6 nitrogen and oxygen atoms in total. The molecule has 2 aromatic heterocycles. The van der Waals surface area contributed by atoms with Crippen molar-refractivity contribution < 1.29 is 4.79 Å². The molecule has 2 N–H and O–H groups in total. The van der Waals surface area contributed by atoms with Crippen molar-refractivity contribution in [3.63, 3.8) is 0 Å². The van der Waals surface area contributed by atoms with Gasteiger partial charge in [0.05, 0.1) is 40.7 Å². The number of hydrogen-bond acceptors (Lipinski definition) is 4. The van der Waals surface area contributed by atoms with Crippen molar-refractivity contribution in [2.24, 2.45) is 0 Å². The number of pyridine rings is 1. The predicted molar refractivity (Wildman–Crippen MR) is 107 cm³/mol. The fraction of sp³-hybridized carbons (Fsp3) is 0. The second-order valence-electron chi connectivity index (χ2n) is 5.74. The number of nitrogens with zero attached hydrogens (tertiary/aromatic N) is 3. The van der Waals surface area contributed by atoms with Gasteiger partial charge in [-0.05, 0) is 12.1 Å². The first-order chi connectivity index (χ1) is 13.2. The van der Waals surface area contributed by atoms with E-state index >= 15 is 0 Å². The number of anilines is 2. The minimum absolute atomic E-state index is 0.440. The third kappa shape index (κ3) is 3.70. The van der Waals surface area contributed by atoms with E-state index in [9.17, 15) is 4.79 Å². The van der Waals surface area contributed by atoms with E-state index in [0.717, 1.165) is 5.56 Å². The number of urea groups is 1. The molecule has 0 aliphatic rings. The molecule has 132 valence electrons. The molecule has 2 amide bonds. The van der Waals surface area contributed by atoms with Crippen molar-refractivity contribution in [1.29, 1.82) is 0 Å². The topological polar surface area (TPSA) is 79.8 Å². The van der Waals surface area contributed by atoms with Gasteiger partial charge in [-0.1, -0.05) is 54.1 Å². The number of para-hydroxylation sites is 1. The standard InChI is InChI=1S/C20H14ClN5O/c21-14-8-4-5-9-15(14)25-20(27)26-18-11-22-10-17-19(18)24-16(12-23-17)13-6-2-1-3-7-13/h1-12H,(H2,25,26,27). The van der Waals surface area contributed by atoms with Crippen molar-refractivity contribution in [3.8, 4) is 11.3 Å². The van der Waals surface area contributed by atoms with Crippen LogP contribution in [-0.4, -0.2) is 21.0 Å². The Morgan fingerprint density at radius 2 is 1.59 bits per heavy atom. The quantitative estimate of drug-likeness (QED) is 0.528. The molecule has 0 spiro atoms. The van der Waals surface area contributed by atoms with E-state index in [1.54, 1.807) is 36.7 Å². The Bertz CT molecular complexity index is 1120. The second kappa shape index (κ2) is 7.39. The maximum atomic E-state index is 12.4. The van der Waals surface area contributed by atoms with E-state index in [0.29, 0.717) is 33.1 Å². The van der Waals surface area contributed by atoms with E-state index in [1.807, 2.05) is 30.3 Å². The molecule has 7 heteroatoms. The molecular formula is C20H14ClN5O. The van der Waals surface area contributed by atoms with E-state index < -0.39 is 6.03 Å². The van der Waals surface area contributed by atoms with Crippen molar-refractivity contribution in [3.05, 3.63) is 78.2 Å². The zero-order valence-corrected chi connectivity index (χ0v) is 14.8. The van der Waals surface area contributed by atoms with Crippen LogP contribution in [-0.2, 0) is 0 Å². The van der Waals surface area contributed by atoms with Gasteiger partial charge in [0.25, 0.3) is 0 Å². The van der Waals surface area contributed by atoms with Gasteiger partial charge < -0.3 is 10.6 Å². The van der Waals surface area contributed by atoms with E-state index in [1.165, 1.54) is 6.20 Å².